The Labute approximate surface area is 162 Å². The second-order valence-electron chi connectivity index (χ2n) is 6.52. The second-order valence-corrected chi connectivity index (χ2v) is 8.60. The monoisotopic (exact) mass is 385 g/mol. The number of nitrogens with one attached hydrogen (secondary N) is 1. The van der Waals surface area contributed by atoms with Crippen molar-refractivity contribution < 1.29 is 5.11 Å². The first-order valence-electron chi connectivity index (χ1n) is 9.14. The van der Waals surface area contributed by atoms with Crippen molar-refractivity contribution >= 4 is 39.1 Å². The first-order chi connectivity index (χ1) is 12.9. The third-order valence-corrected chi connectivity index (χ3v) is 6.41. The Bertz CT molecular complexity index is 862. The van der Waals surface area contributed by atoms with Crippen LogP contribution in [-0.2, 0) is 0 Å². The molecular weight excluding hydrogens is 362 g/mol. The molecule has 0 amide bonds. The number of fused-ring (bicyclic) bond motifs is 1. The van der Waals surface area contributed by atoms with Crippen LogP contribution in [0.4, 0.5) is 5.82 Å². The van der Waals surface area contributed by atoms with Gasteiger partial charge in [-0.15, -0.1) is 11.3 Å². The van der Waals surface area contributed by atoms with E-state index in [0.29, 0.717) is 5.92 Å². The number of benzene rings is 1. The summed E-state index contributed by atoms with van der Waals surface area (Å²) in [4.78, 5) is 10.8. The van der Waals surface area contributed by atoms with Gasteiger partial charge in [-0.2, -0.15) is 11.8 Å². The third kappa shape index (κ3) is 4.03. The number of nitrogens with zero attached hydrogens (tertiary/aromatic N) is 2. The molecule has 0 aliphatic heterocycles. The lowest BCUT2D eigenvalue weighted by Crippen LogP contribution is -2.08. The molecule has 1 aliphatic rings. The predicted molar refractivity (Wildman–Crippen MR) is 112 cm³/mol. The summed E-state index contributed by atoms with van der Waals surface area (Å²) in [6, 6.07) is 10.5. The Morgan fingerprint density at radius 2 is 2.00 bits per heavy atom. The van der Waals surface area contributed by atoms with Gasteiger partial charge in [0, 0.05) is 35.8 Å². The lowest BCUT2D eigenvalue weighted by Gasteiger charge is -2.10. The van der Waals surface area contributed by atoms with Crippen molar-refractivity contribution in [3.63, 3.8) is 0 Å². The number of aliphatic hydroxyl groups excluding tert-OH is 1. The fourth-order valence-electron chi connectivity index (χ4n) is 2.95. The zero-order chi connectivity index (χ0) is 17.8. The van der Waals surface area contributed by atoms with Gasteiger partial charge >= 0.3 is 0 Å². The zero-order valence-electron chi connectivity index (χ0n) is 14.6. The van der Waals surface area contributed by atoms with Gasteiger partial charge in [0.25, 0.3) is 0 Å². The molecule has 1 saturated carbocycles. The maximum Gasteiger partial charge on any atom is 0.139 e. The molecule has 4 rings (SSSR count). The summed E-state index contributed by atoms with van der Waals surface area (Å²) in [6.07, 6.45) is 3.27. The Kier molecular flexibility index (Phi) is 5.72. The van der Waals surface area contributed by atoms with E-state index in [1.54, 1.807) is 11.3 Å². The number of hydrogen-bond donors (Lipinski definition) is 2. The average molecular weight is 386 g/mol. The van der Waals surface area contributed by atoms with Crippen molar-refractivity contribution in [2.24, 2.45) is 0 Å². The Balaban J connectivity index is 1.61. The largest absolute Gasteiger partial charge is 0.396 e. The molecule has 1 fully saturated rings. The molecule has 0 bridgehead atoms. The summed E-state index contributed by atoms with van der Waals surface area (Å²) in [5, 5.41) is 15.8. The number of anilines is 1. The van der Waals surface area contributed by atoms with Gasteiger partial charge in [-0.25, -0.2) is 9.97 Å². The van der Waals surface area contributed by atoms with Crippen molar-refractivity contribution in [3.8, 4) is 11.1 Å². The number of rotatable bonds is 9. The number of thioether (sulfide) groups is 1. The Morgan fingerprint density at radius 3 is 2.77 bits per heavy atom. The summed E-state index contributed by atoms with van der Waals surface area (Å²) in [5.74, 6) is 4.52. The quantitative estimate of drug-likeness (QED) is 0.520. The van der Waals surface area contributed by atoms with Crippen LogP contribution in [0, 0.1) is 0 Å². The first-order valence-corrected chi connectivity index (χ1v) is 11.2. The maximum absolute atomic E-state index is 8.88. The van der Waals surface area contributed by atoms with E-state index in [9.17, 15) is 0 Å². The first kappa shape index (κ1) is 17.8. The van der Waals surface area contributed by atoms with Crippen LogP contribution in [-0.4, -0.2) is 39.7 Å². The van der Waals surface area contributed by atoms with Crippen molar-refractivity contribution in [1.82, 2.24) is 9.97 Å². The second kappa shape index (κ2) is 8.37. The molecule has 1 aromatic carbocycles. The predicted octanol–water partition coefficient (Wildman–Crippen LogP) is 4.76. The van der Waals surface area contributed by atoms with E-state index >= 15 is 0 Å². The van der Waals surface area contributed by atoms with Crippen LogP contribution in [0.15, 0.2) is 35.7 Å². The molecule has 0 unspecified atom stereocenters. The number of aliphatic hydroxyl groups is 1. The molecule has 2 heterocycles. The Hall–Kier alpha value is -1.63. The number of aromatic nitrogens is 2. The van der Waals surface area contributed by atoms with E-state index in [0.717, 1.165) is 46.3 Å². The fraction of sp³-hybridized carbons (Fsp3) is 0.400. The highest BCUT2D eigenvalue weighted by Gasteiger charge is 2.28. The topological polar surface area (TPSA) is 58.0 Å². The van der Waals surface area contributed by atoms with Crippen LogP contribution in [0.25, 0.3) is 21.3 Å². The molecule has 4 nitrogen and oxygen atoms in total. The lowest BCUT2D eigenvalue weighted by atomic mass is 10.1. The summed E-state index contributed by atoms with van der Waals surface area (Å²) in [6.45, 7) is 1.14. The minimum absolute atomic E-state index is 0.271. The SMILES string of the molecule is OCCCSCCNc1nc(C2CC2)nc2scc(-c3ccccc3)c12. The smallest absolute Gasteiger partial charge is 0.139 e. The van der Waals surface area contributed by atoms with Gasteiger partial charge < -0.3 is 10.4 Å². The van der Waals surface area contributed by atoms with E-state index in [1.165, 1.54) is 24.0 Å². The normalized spacial score (nSPS) is 14.0. The summed E-state index contributed by atoms with van der Waals surface area (Å²) in [5.41, 5.74) is 2.42. The molecule has 6 heteroatoms. The van der Waals surface area contributed by atoms with Gasteiger partial charge in [-0.05, 0) is 30.6 Å². The minimum Gasteiger partial charge on any atom is -0.396 e. The third-order valence-electron chi connectivity index (χ3n) is 4.46. The highest BCUT2D eigenvalue weighted by atomic mass is 32.2. The van der Waals surface area contributed by atoms with E-state index < -0.39 is 0 Å². The van der Waals surface area contributed by atoms with Gasteiger partial charge in [0.2, 0.25) is 0 Å². The zero-order valence-corrected chi connectivity index (χ0v) is 16.3. The van der Waals surface area contributed by atoms with Gasteiger partial charge in [0.05, 0.1) is 5.39 Å². The molecule has 0 atom stereocenters. The van der Waals surface area contributed by atoms with Crippen LogP contribution in [0.5, 0.6) is 0 Å². The van der Waals surface area contributed by atoms with Gasteiger partial charge in [0.15, 0.2) is 0 Å². The highest BCUT2D eigenvalue weighted by Crippen LogP contribution is 2.42. The Morgan fingerprint density at radius 1 is 1.15 bits per heavy atom. The highest BCUT2D eigenvalue weighted by molar-refractivity contribution is 7.99. The van der Waals surface area contributed by atoms with Gasteiger partial charge in [0.1, 0.15) is 16.5 Å². The average Bonchev–Trinajstić information content (AvgIpc) is 3.44. The number of thiophene rings is 1. The van der Waals surface area contributed by atoms with Gasteiger partial charge in [-0.1, -0.05) is 30.3 Å². The van der Waals surface area contributed by atoms with Gasteiger partial charge in [-0.3, -0.25) is 0 Å². The molecule has 26 heavy (non-hydrogen) atoms. The van der Waals surface area contributed by atoms with Crippen LogP contribution in [0.1, 0.15) is 31.0 Å². The van der Waals surface area contributed by atoms with Crippen LogP contribution < -0.4 is 5.32 Å². The molecule has 1 aliphatic carbocycles. The summed E-state index contributed by atoms with van der Waals surface area (Å²) < 4.78 is 0. The fourth-order valence-corrected chi connectivity index (χ4v) is 4.69. The van der Waals surface area contributed by atoms with E-state index in [4.69, 9.17) is 15.1 Å². The van der Waals surface area contributed by atoms with Crippen molar-refractivity contribution in [3.05, 3.63) is 41.5 Å². The lowest BCUT2D eigenvalue weighted by molar-refractivity contribution is 0.296. The minimum atomic E-state index is 0.271. The summed E-state index contributed by atoms with van der Waals surface area (Å²) in [7, 11) is 0. The van der Waals surface area contributed by atoms with E-state index in [-0.39, 0.29) is 6.61 Å². The molecule has 2 N–H and O–H groups in total. The number of hydrogen-bond acceptors (Lipinski definition) is 6. The van der Waals surface area contributed by atoms with Crippen LogP contribution >= 0.6 is 23.1 Å². The molecule has 2 aromatic heterocycles. The van der Waals surface area contributed by atoms with E-state index in [1.807, 2.05) is 17.8 Å². The molecule has 0 spiro atoms. The molecule has 0 saturated heterocycles. The standard InChI is InChI=1S/C20H23N3OS2/c24-10-4-11-25-12-9-21-19-17-16(14-5-2-1-3-6-14)13-26-20(17)23-18(22-19)15-7-8-15/h1-3,5-6,13,15,24H,4,7-12H2,(H,21,22,23). The molecule has 0 radical (unpaired) electrons. The van der Waals surface area contributed by atoms with Crippen molar-refractivity contribution in [2.45, 2.75) is 25.2 Å². The maximum atomic E-state index is 8.88. The van der Waals surface area contributed by atoms with Crippen molar-refractivity contribution in [2.75, 3.05) is 30.0 Å². The van der Waals surface area contributed by atoms with Crippen LogP contribution in [0.3, 0.4) is 0 Å². The van der Waals surface area contributed by atoms with E-state index in [2.05, 4.69) is 35.0 Å². The van der Waals surface area contributed by atoms with Crippen molar-refractivity contribution in [1.29, 1.82) is 0 Å². The molecule has 136 valence electrons. The molecular formula is C20H23N3OS2. The summed E-state index contributed by atoms with van der Waals surface area (Å²) >= 11 is 3.57. The van der Waals surface area contributed by atoms with Crippen LogP contribution in [0.2, 0.25) is 0 Å². The molecule has 3 aromatic rings.